The first-order valence-corrected chi connectivity index (χ1v) is 5.15. The van der Waals surface area contributed by atoms with Crippen LogP contribution in [0, 0.1) is 22.9 Å². The number of hydrogen-bond donors (Lipinski definition) is 1. The molecule has 1 aromatic heterocycles. The van der Waals surface area contributed by atoms with Gasteiger partial charge in [0, 0.05) is 11.8 Å². The third-order valence-electron chi connectivity index (χ3n) is 2.21. The molecule has 0 radical (unpaired) electrons. The first-order chi connectivity index (χ1) is 8.54. The normalized spacial score (nSPS) is 10.3. The second-order valence-corrected chi connectivity index (χ2v) is 3.67. The van der Waals surface area contributed by atoms with Crippen molar-refractivity contribution in [2.45, 2.75) is 13.5 Å². The molecule has 0 aliphatic rings. The average Bonchev–Trinajstić information content (AvgIpc) is 2.72. The molecule has 0 saturated carbocycles. The summed E-state index contributed by atoms with van der Waals surface area (Å²) in [6.45, 7) is 1.98. The summed E-state index contributed by atoms with van der Waals surface area (Å²) in [6.07, 6.45) is 1.56. The van der Waals surface area contributed by atoms with Crippen LogP contribution < -0.4 is 5.32 Å². The number of nitrogens with one attached hydrogen (secondary N) is 1. The summed E-state index contributed by atoms with van der Waals surface area (Å²) < 4.78 is 18.3. The van der Waals surface area contributed by atoms with E-state index in [2.05, 4.69) is 10.3 Å². The van der Waals surface area contributed by atoms with E-state index in [1.807, 2.05) is 0 Å². The molecule has 6 nitrogen and oxygen atoms in total. The molecule has 2 rings (SSSR count). The maximum absolute atomic E-state index is 13.1. The van der Waals surface area contributed by atoms with E-state index in [9.17, 15) is 14.5 Å². The van der Waals surface area contributed by atoms with Crippen molar-refractivity contribution in [2.75, 3.05) is 5.32 Å². The summed E-state index contributed by atoms with van der Waals surface area (Å²) in [5.41, 5.74) is -0.00126. The molecule has 0 unspecified atom stereocenters. The van der Waals surface area contributed by atoms with Crippen LogP contribution >= 0.6 is 0 Å². The van der Waals surface area contributed by atoms with Gasteiger partial charge in [0.15, 0.2) is 0 Å². The monoisotopic (exact) mass is 251 g/mol. The minimum Gasteiger partial charge on any atom is -0.444 e. The van der Waals surface area contributed by atoms with Crippen molar-refractivity contribution < 1.29 is 13.7 Å². The van der Waals surface area contributed by atoms with Gasteiger partial charge in [0.1, 0.15) is 11.6 Å². The number of non-ortho nitro benzene ring substituents is 1. The zero-order chi connectivity index (χ0) is 13.1. The fourth-order valence-electron chi connectivity index (χ4n) is 1.44. The fourth-order valence-corrected chi connectivity index (χ4v) is 1.44. The van der Waals surface area contributed by atoms with Crippen molar-refractivity contribution in [2.24, 2.45) is 0 Å². The Hall–Kier alpha value is -2.44. The number of oxazole rings is 1. The number of rotatable bonds is 4. The molecule has 0 amide bonds. The maximum Gasteiger partial charge on any atom is 0.274 e. The first kappa shape index (κ1) is 12.0. The van der Waals surface area contributed by atoms with Gasteiger partial charge in [-0.2, -0.15) is 0 Å². The van der Waals surface area contributed by atoms with Crippen molar-refractivity contribution in [1.29, 1.82) is 0 Å². The predicted octanol–water partition coefficient (Wildman–Crippen LogP) is 2.64. The lowest BCUT2D eigenvalue weighted by atomic mass is 10.2. The SMILES string of the molecule is Cc1cnc(CNc2cc(F)cc([N+](=O)[O-])c2)o1. The lowest BCUT2D eigenvalue weighted by molar-refractivity contribution is -0.385. The standard InChI is InChI=1S/C11H10FN3O3/c1-7-5-14-11(18-7)6-13-9-2-8(12)3-10(4-9)15(16)17/h2-5,13H,6H2,1H3. The first-order valence-electron chi connectivity index (χ1n) is 5.15. The highest BCUT2D eigenvalue weighted by Crippen LogP contribution is 2.20. The maximum atomic E-state index is 13.1. The number of nitro groups is 1. The van der Waals surface area contributed by atoms with E-state index in [-0.39, 0.29) is 12.2 Å². The van der Waals surface area contributed by atoms with Crippen molar-refractivity contribution in [3.05, 3.63) is 52.0 Å². The van der Waals surface area contributed by atoms with Crippen LogP contribution in [-0.2, 0) is 6.54 Å². The van der Waals surface area contributed by atoms with Gasteiger partial charge in [-0.1, -0.05) is 0 Å². The molecular weight excluding hydrogens is 241 g/mol. The van der Waals surface area contributed by atoms with E-state index in [4.69, 9.17) is 4.42 Å². The molecule has 0 aliphatic heterocycles. The number of halogens is 1. The minimum atomic E-state index is -0.671. The van der Waals surface area contributed by atoms with Crippen LogP contribution in [0.1, 0.15) is 11.7 Å². The Labute approximate surface area is 102 Å². The Morgan fingerprint density at radius 1 is 1.50 bits per heavy atom. The summed E-state index contributed by atoms with van der Waals surface area (Å²) >= 11 is 0. The van der Waals surface area contributed by atoms with E-state index in [1.54, 1.807) is 13.1 Å². The number of anilines is 1. The fraction of sp³-hybridized carbons (Fsp3) is 0.182. The average molecular weight is 251 g/mol. The van der Waals surface area contributed by atoms with Gasteiger partial charge in [0.05, 0.1) is 23.7 Å². The molecule has 1 aromatic carbocycles. The molecule has 94 valence electrons. The molecule has 1 heterocycles. The molecule has 0 bridgehead atoms. The number of benzene rings is 1. The molecule has 0 atom stereocenters. The zero-order valence-corrected chi connectivity index (χ0v) is 9.51. The van der Waals surface area contributed by atoms with E-state index in [0.717, 1.165) is 6.07 Å². The van der Waals surface area contributed by atoms with Crippen LogP contribution in [0.4, 0.5) is 15.8 Å². The smallest absolute Gasteiger partial charge is 0.274 e. The Kier molecular flexibility index (Phi) is 3.22. The van der Waals surface area contributed by atoms with E-state index >= 15 is 0 Å². The van der Waals surface area contributed by atoms with Crippen LogP contribution in [0.3, 0.4) is 0 Å². The second-order valence-electron chi connectivity index (χ2n) is 3.67. The third kappa shape index (κ3) is 2.82. The minimum absolute atomic E-state index is 0.231. The number of nitro benzene ring substituents is 1. The van der Waals surface area contributed by atoms with E-state index < -0.39 is 10.7 Å². The van der Waals surface area contributed by atoms with Gasteiger partial charge in [-0.3, -0.25) is 10.1 Å². The Morgan fingerprint density at radius 2 is 2.28 bits per heavy atom. The molecule has 0 fully saturated rings. The van der Waals surface area contributed by atoms with Crippen LogP contribution in [-0.4, -0.2) is 9.91 Å². The van der Waals surface area contributed by atoms with Crippen molar-refractivity contribution in [1.82, 2.24) is 4.98 Å². The number of aromatic nitrogens is 1. The molecule has 1 N–H and O–H groups in total. The topological polar surface area (TPSA) is 81.2 Å². The van der Waals surface area contributed by atoms with Crippen LogP contribution in [0.2, 0.25) is 0 Å². The lowest BCUT2D eigenvalue weighted by Gasteiger charge is -2.03. The van der Waals surface area contributed by atoms with Crippen LogP contribution in [0.25, 0.3) is 0 Å². The summed E-state index contributed by atoms with van der Waals surface area (Å²) in [4.78, 5) is 13.9. The molecular formula is C11H10FN3O3. The number of nitrogens with zero attached hydrogens (tertiary/aromatic N) is 2. The Bertz CT molecular complexity index is 583. The second kappa shape index (κ2) is 4.82. The van der Waals surface area contributed by atoms with Gasteiger partial charge in [-0.25, -0.2) is 9.37 Å². The van der Waals surface area contributed by atoms with Crippen LogP contribution in [0.15, 0.2) is 28.8 Å². The lowest BCUT2D eigenvalue weighted by Crippen LogP contribution is -2.01. The summed E-state index contributed by atoms with van der Waals surface area (Å²) in [7, 11) is 0. The molecule has 7 heteroatoms. The van der Waals surface area contributed by atoms with Crippen molar-refractivity contribution >= 4 is 11.4 Å². The predicted molar refractivity (Wildman–Crippen MR) is 61.6 cm³/mol. The largest absolute Gasteiger partial charge is 0.444 e. The van der Waals surface area contributed by atoms with Gasteiger partial charge in [-0.05, 0) is 13.0 Å². The number of aryl methyl sites for hydroxylation is 1. The van der Waals surface area contributed by atoms with Gasteiger partial charge in [0.25, 0.3) is 5.69 Å². The van der Waals surface area contributed by atoms with Gasteiger partial charge in [-0.15, -0.1) is 0 Å². The quantitative estimate of drug-likeness (QED) is 0.667. The van der Waals surface area contributed by atoms with Gasteiger partial charge >= 0.3 is 0 Å². The molecule has 2 aromatic rings. The van der Waals surface area contributed by atoms with Gasteiger partial charge < -0.3 is 9.73 Å². The third-order valence-corrected chi connectivity index (χ3v) is 2.21. The van der Waals surface area contributed by atoms with Crippen molar-refractivity contribution in [3.63, 3.8) is 0 Å². The highest BCUT2D eigenvalue weighted by atomic mass is 19.1. The summed E-state index contributed by atoms with van der Waals surface area (Å²) in [5, 5.41) is 13.4. The Morgan fingerprint density at radius 3 is 2.89 bits per heavy atom. The molecule has 0 spiro atoms. The highest BCUT2D eigenvalue weighted by Gasteiger charge is 2.10. The van der Waals surface area contributed by atoms with Crippen LogP contribution in [0.5, 0.6) is 0 Å². The summed E-state index contributed by atoms with van der Waals surface area (Å²) in [5.74, 6) is 0.423. The van der Waals surface area contributed by atoms with Gasteiger partial charge in [0.2, 0.25) is 5.89 Å². The summed E-state index contributed by atoms with van der Waals surface area (Å²) in [6, 6.07) is 3.28. The molecule has 0 saturated heterocycles. The van der Waals surface area contributed by atoms with E-state index in [1.165, 1.54) is 12.1 Å². The molecule has 18 heavy (non-hydrogen) atoms. The molecule has 0 aliphatic carbocycles. The Balaban J connectivity index is 2.11. The number of hydrogen-bond acceptors (Lipinski definition) is 5. The van der Waals surface area contributed by atoms with Crippen molar-refractivity contribution in [3.8, 4) is 0 Å². The highest BCUT2D eigenvalue weighted by molar-refractivity contribution is 5.51. The zero-order valence-electron chi connectivity index (χ0n) is 9.51. The van der Waals surface area contributed by atoms with E-state index in [0.29, 0.717) is 17.3 Å².